The van der Waals surface area contributed by atoms with E-state index in [1.54, 1.807) is 0 Å². The van der Waals surface area contributed by atoms with Crippen molar-refractivity contribution in [3.05, 3.63) is 0 Å². The molecule has 0 aromatic carbocycles. The SMILES string of the molecule is CSC1CCCC1N(C)C1CNC1. The maximum Gasteiger partial charge on any atom is 0.0345 e. The Hall–Kier alpha value is 0.270. The normalized spacial score (nSPS) is 35.3. The monoisotopic (exact) mass is 200 g/mol. The Morgan fingerprint density at radius 3 is 2.62 bits per heavy atom. The van der Waals surface area contributed by atoms with E-state index in [2.05, 4.69) is 35.3 Å². The lowest BCUT2D eigenvalue weighted by molar-refractivity contribution is 0.132. The summed E-state index contributed by atoms with van der Waals surface area (Å²) in [5.41, 5.74) is 0. The summed E-state index contributed by atoms with van der Waals surface area (Å²) < 4.78 is 0. The van der Waals surface area contributed by atoms with Crippen LogP contribution in [0.25, 0.3) is 0 Å². The predicted molar refractivity (Wildman–Crippen MR) is 59.4 cm³/mol. The fourth-order valence-corrected chi connectivity index (χ4v) is 3.52. The molecule has 2 fully saturated rings. The molecule has 1 saturated heterocycles. The quantitative estimate of drug-likeness (QED) is 0.736. The highest BCUT2D eigenvalue weighted by Gasteiger charge is 2.34. The molecule has 2 unspecified atom stereocenters. The van der Waals surface area contributed by atoms with Crippen LogP contribution in [0.1, 0.15) is 19.3 Å². The number of thioether (sulfide) groups is 1. The number of rotatable bonds is 3. The highest BCUT2D eigenvalue weighted by atomic mass is 32.2. The Bertz CT molecular complexity index is 170. The molecule has 2 rings (SSSR count). The van der Waals surface area contributed by atoms with Crippen LogP contribution in [0, 0.1) is 0 Å². The molecular weight excluding hydrogens is 180 g/mol. The standard InChI is InChI=1S/C10H20N2S/c1-12(8-6-11-7-8)9-4-3-5-10(9)13-2/h8-11H,3-7H2,1-2H3. The molecule has 1 aliphatic carbocycles. The van der Waals surface area contributed by atoms with Gasteiger partial charge in [0.2, 0.25) is 0 Å². The largest absolute Gasteiger partial charge is 0.314 e. The van der Waals surface area contributed by atoms with Crippen molar-refractivity contribution in [1.82, 2.24) is 10.2 Å². The molecule has 1 N–H and O–H groups in total. The van der Waals surface area contributed by atoms with E-state index in [4.69, 9.17) is 0 Å². The van der Waals surface area contributed by atoms with Crippen molar-refractivity contribution in [2.24, 2.45) is 0 Å². The summed E-state index contributed by atoms with van der Waals surface area (Å²) >= 11 is 2.06. The molecule has 0 aromatic rings. The topological polar surface area (TPSA) is 15.3 Å². The van der Waals surface area contributed by atoms with Gasteiger partial charge in [-0.05, 0) is 26.1 Å². The molecule has 1 heterocycles. The molecule has 0 aromatic heterocycles. The van der Waals surface area contributed by atoms with Gasteiger partial charge in [0.1, 0.15) is 0 Å². The smallest absolute Gasteiger partial charge is 0.0345 e. The second kappa shape index (κ2) is 4.20. The van der Waals surface area contributed by atoms with Crippen LogP contribution in [-0.4, -0.2) is 48.6 Å². The predicted octanol–water partition coefficient (Wildman–Crippen LogP) is 1.17. The first-order valence-corrected chi connectivity index (χ1v) is 6.57. The average Bonchev–Trinajstić information content (AvgIpc) is 2.47. The van der Waals surface area contributed by atoms with Gasteiger partial charge in [0.05, 0.1) is 0 Å². The number of nitrogens with zero attached hydrogens (tertiary/aromatic N) is 1. The zero-order valence-corrected chi connectivity index (χ0v) is 9.44. The minimum absolute atomic E-state index is 0.817. The Balaban J connectivity index is 1.90. The molecule has 0 bridgehead atoms. The maximum absolute atomic E-state index is 3.35. The number of hydrogen-bond acceptors (Lipinski definition) is 3. The average molecular weight is 200 g/mol. The van der Waals surface area contributed by atoms with E-state index < -0.39 is 0 Å². The lowest BCUT2D eigenvalue weighted by Crippen LogP contribution is -2.59. The Morgan fingerprint density at radius 1 is 1.31 bits per heavy atom. The van der Waals surface area contributed by atoms with E-state index in [0.29, 0.717) is 0 Å². The summed E-state index contributed by atoms with van der Waals surface area (Å²) in [5, 5.41) is 4.24. The van der Waals surface area contributed by atoms with Crippen LogP contribution in [0.4, 0.5) is 0 Å². The van der Waals surface area contributed by atoms with Gasteiger partial charge in [0, 0.05) is 30.4 Å². The zero-order chi connectivity index (χ0) is 9.26. The summed E-state index contributed by atoms with van der Waals surface area (Å²) in [4.78, 5) is 2.62. The third-order valence-corrected chi connectivity index (χ3v) is 4.73. The molecule has 2 atom stereocenters. The molecule has 3 heteroatoms. The molecule has 13 heavy (non-hydrogen) atoms. The summed E-state index contributed by atoms with van der Waals surface area (Å²) in [7, 11) is 2.31. The molecule has 0 spiro atoms. The maximum atomic E-state index is 3.35. The fourth-order valence-electron chi connectivity index (χ4n) is 2.48. The van der Waals surface area contributed by atoms with Gasteiger partial charge in [0.15, 0.2) is 0 Å². The van der Waals surface area contributed by atoms with Crippen LogP contribution in [0.2, 0.25) is 0 Å². The molecule has 76 valence electrons. The van der Waals surface area contributed by atoms with Crippen LogP contribution in [0.3, 0.4) is 0 Å². The number of hydrogen-bond donors (Lipinski definition) is 1. The third-order valence-electron chi connectivity index (χ3n) is 3.58. The summed E-state index contributed by atoms with van der Waals surface area (Å²) in [6.45, 7) is 2.40. The van der Waals surface area contributed by atoms with E-state index in [9.17, 15) is 0 Å². The van der Waals surface area contributed by atoms with E-state index in [-0.39, 0.29) is 0 Å². The van der Waals surface area contributed by atoms with Gasteiger partial charge < -0.3 is 5.32 Å². The molecule has 2 nitrogen and oxygen atoms in total. The lowest BCUT2D eigenvalue weighted by Gasteiger charge is -2.41. The first kappa shape index (κ1) is 9.81. The van der Waals surface area contributed by atoms with Gasteiger partial charge >= 0.3 is 0 Å². The minimum atomic E-state index is 0.817. The molecule has 0 radical (unpaired) electrons. The highest BCUT2D eigenvalue weighted by Crippen LogP contribution is 2.32. The van der Waals surface area contributed by atoms with Crippen molar-refractivity contribution >= 4 is 11.8 Å². The summed E-state index contributed by atoms with van der Waals surface area (Å²) in [5.74, 6) is 0. The highest BCUT2D eigenvalue weighted by molar-refractivity contribution is 7.99. The van der Waals surface area contributed by atoms with Crippen LogP contribution < -0.4 is 5.32 Å². The van der Waals surface area contributed by atoms with Crippen LogP contribution >= 0.6 is 11.8 Å². The van der Waals surface area contributed by atoms with Gasteiger partial charge in [-0.1, -0.05) is 6.42 Å². The van der Waals surface area contributed by atoms with E-state index >= 15 is 0 Å². The van der Waals surface area contributed by atoms with Gasteiger partial charge in [-0.2, -0.15) is 11.8 Å². The molecule has 2 aliphatic rings. The Kier molecular flexibility index (Phi) is 3.17. The number of nitrogens with one attached hydrogen (secondary N) is 1. The first-order valence-electron chi connectivity index (χ1n) is 5.28. The van der Waals surface area contributed by atoms with Gasteiger partial charge in [-0.25, -0.2) is 0 Å². The van der Waals surface area contributed by atoms with E-state index in [0.717, 1.165) is 17.3 Å². The van der Waals surface area contributed by atoms with Crippen molar-refractivity contribution in [3.8, 4) is 0 Å². The van der Waals surface area contributed by atoms with Gasteiger partial charge in [0.25, 0.3) is 0 Å². The third kappa shape index (κ3) is 1.88. The second-order valence-corrected chi connectivity index (χ2v) is 5.33. The first-order chi connectivity index (χ1) is 6.33. The second-order valence-electron chi connectivity index (χ2n) is 4.25. The van der Waals surface area contributed by atoms with Gasteiger partial charge in [-0.15, -0.1) is 0 Å². The van der Waals surface area contributed by atoms with Crippen LogP contribution in [0.5, 0.6) is 0 Å². The molecule has 1 aliphatic heterocycles. The summed E-state index contributed by atoms with van der Waals surface area (Å²) in [6, 6.07) is 1.67. The van der Waals surface area contributed by atoms with Crippen molar-refractivity contribution in [2.75, 3.05) is 26.4 Å². The summed E-state index contributed by atoms with van der Waals surface area (Å²) in [6.07, 6.45) is 6.53. The Morgan fingerprint density at radius 2 is 2.08 bits per heavy atom. The lowest BCUT2D eigenvalue weighted by atomic mass is 10.1. The van der Waals surface area contributed by atoms with Crippen molar-refractivity contribution < 1.29 is 0 Å². The van der Waals surface area contributed by atoms with Crippen LogP contribution in [0.15, 0.2) is 0 Å². The van der Waals surface area contributed by atoms with Crippen molar-refractivity contribution in [2.45, 2.75) is 36.6 Å². The zero-order valence-electron chi connectivity index (χ0n) is 8.62. The van der Waals surface area contributed by atoms with Gasteiger partial charge in [-0.3, -0.25) is 4.90 Å². The minimum Gasteiger partial charge on any atom is -0.314 e. The molecule has 0 amide bonds. The Labute approximate surface area is 85.4 Å². The fraction of sp³-hybridized carbons (Fsp3) is 1.00. The van der Waals surface area contributed by atoms with Crippen molar-refractivity contribution in [1.29, 1.82) is 0 Å². The van der Waals surface area contributed by atoms with Crippen molar-refractivity contribution in [3.63, 3.8) is 0 Å². The molecule has 1 saturated carbocycles. The van der Waals surface area contributed by atoms with E-state index in [1.165, 1.54) is 32.4 Å². The van der Waals surface area contributed by atoms with Crippen LogP contribution in [-0.2, 0) is 0 Å². The van der Waals surface area contributed by atoms with E-state index in [1.807, 2.05) is 0 Å². The number of likely N-dealkylation sites (N-methyl/N-ethyl adjacent to an activating group) is 1. The molecular formula is C10H20N2S.